The SMILES string of the molecule is O=C(NCC(=O)N1c2ccccc2N(Cc2ccccc2)C(=O)[C@H]2CCC[C@H]21)c1ccc(C(F)(F)F)cc1. The van der Waals surface area contributed by atoms with Crippen LogP contribution in [-0.2, 0) is 22.3 Å². The van der Waals surface area contributed by atoms with Crippen LogP contribution in [0.25, 0.3) is 0 Å². The van der Waals surface area contributed by atoms with Crippen LogP contribution < -0.4 is 15.1 Å². The molecule has 1 heterocycles. The lowest BCUT2D eigenvalue weighted by atomic mass is 10.0. The number of rotatable bonds is 5. The summed E-state index contributed by atoms with van der Waals surface area (Å²) in [5, 5.41) is 2.54. The van der Waals surface area contributed by atoms with Crippen LogP contribution in [0.1, 0.15) is 40.7 Å². The van der Waals surface area contributed by atoms with Gasteiger partial charge in [0.15, 0.2) is 0 Å². The highest BCUT2D eigenvalue weighted by Gasteiger charge is 2.45. The molecule has 0 radical (unpaired) electrons. The van der Waals surface area contributed by atoms with Gasteiger partial charge in [-0.05, 0) is 54.8 Å². The van der Waals surface area contributed by atoms with Crippen LogP contribution in [0.4, 0.5) is 24.5 Å². The van der Waals surface area contributed by atoms with Gasteiger partial charge in [-0.1, -0.05) is 48.9 Å². The van der Waals surface area contributed by atoms with Crippen LogP contribution in [0.3, 0.4) is 0 Å². The molecule has 0 spiro atoms. The third-order valence-electron chi connectivity index (χ3n) is 7.15. The number of anilines is 2. The Bertz CT molecular complexity index is 1340. The molecule has 0 saturated heterocycles. The molecule has 1 aliphatic heterocycles. The van der Waals surface area contributed by atoms with Gasteiger partial charge in [-0.15, -0.1) is 0 Å². The van der Waals surface area contributed by atoms with Crippen molar-refractivity contribution in [1.82, 2.24) is 5.32 Å². The number of carbonyl (C=O) groups excluding carboxylic acids is 3. The quantitative estimate of drug-likeness (QED) is 0.503. The van der Waals surface area contributed by atoms with Crippen molar-refractivity contribution >= 4 is 29.1 Å². The Hall–Kier alpha value is -4.14. The first kappa shape index (κ1) is 25.5. The zero-order valence-corrected chi connectivity index (χ0v) is 20.4. The molecule has 3 aromatic rings. The highest BCUT2D eigenvalue weighted by molar-refractivity contribution is 6.08. The van der Waals surface area contributed by atoms with Crippen LogP contribution in [0.2, 0.25) is 0 Å². The molecule has 5 rings (SSSR count). The van der Waals surface area contributed by atoms with E-state index in [-0.39, 0.29) is 35.9 Å². The number of para-hydroxylation sites is 2. The number of fused-ring (bicyclic) bond motifs is 2. The van der Waals surface area contributed by atoms with Crippen molar-refractivity contribution in [2.24, 2.45) is 5.92 Å². The Balaban J connectivity index is 1.40. The predicted molar refractivity (Wildman–Crippen MR) is 136 cm³/mol. The summed E-state index contributed by atoms with van der Waals surface area (Å²) in [6.45, 7) is 0.0108. The molecule has 1 N–H and O–H groups in total. The lowest BCUT2D eigenvalue weighted by Gasteiger charge is -2.30. The summed E-state index contributed by atoms with van der Waals surface area (Å²) in [7, 11) is 0. The van der Waals surface area contributed by atoms with Crippen molar-refractivity contribution in [1.29, 1.82) is 0 Å². The minimum absolute atomic E-state index is 0.0185. The molecule has 9 heteroatoms. The van der Waals surface area contributed by atoms with Gasteiger partial charge in [-0.2, -0.15) is 13.2 Å². The average molecular weight is 522 g/mol. The number of alkyl halides is 3. The van der Waals surface area contributed by atoms with Gasteiger partial charge in [0.1, 0.15) is 0 Å². The van der Waals surface area contributed by atoms with E-state index in [1.54, 1.807) is 21.9 Å². The number of hydrogen-bond donors (Lipinski definition) is 1. The standard InChI is InChI=1S/C29H26F3N3O3/c30-29(31,32)21-15-13-20(14-16-21)27(37)33-17-26(36)35-23-12-6-9-22(23)28(38)34(18-19-7-2-1-3-8-19)24-10-4-5-11-25(24)35/h1-5,7-8,10-11,13-16,22-23H,6,9,12,17-18H2,(H,33,37)/t22-,23+/m0/s1. The molecule has 1 fully saturated rings. The van der Waals surface area contributed by atoms with Gasteiger partial charge >= 0.3 is 6.18 Å². The lowest BCUT2D eigenvalue weighted by Crippen LogP contribution is -2.48. The molecule has 3 amide bonds. The van der Waals surface area contributed by atoms with Crippen LogP contribution >= 0.6 is 0 Å². The molecule has 2 atom stereocenters. The van der Waals surface area contributed by atoms with Gasteiger partial charge in [-0.3, -0.25) is 14.4 Å². The van der Waals surface area contributed by atoms with E-state index in [2.05, 4.69) is 5.32 Å². The molecular weight excluding hydrogens is 495 g/mol. The number of nitrogens with one attached hydrogen (secondary N) is 1. The minimum Gasteiger partial charge on any atom is -0.343 e. The minimum atomic E-state index is -4.51. The number of halogens is 3. The van der Waals surface area contributed by atoms with E-state index >= 15 is 0 Å². The fourth-order valence-corrected chi connectivity index (χ4v) is 5.33. The van der Waals surface area contributed by atoms with Crippen molar-refractivity contribution in [2.75, 3.05) is 16.3 Å². The maximum absolute atomic E-state index is 13.7. The van der Waals surface area contributed by atoms with Gasteiger partial charge in [0.2, 0.25) is 11.8 Å². The zero-order chi connectivity index (χ0) is 26.9. The average Bonchev–Trinajstić information content (AvgIpc) is 3.37. The van der Waals surface area contributed by atoms with Gasteiger partial charge in [0.05, 0.1) is 35.9 Å². The van der Waals surface area contributed by atoms with Crippen LogP contribution in [0.5, 0.6) is 0 Å². The molecule has 0 unspecified atom stereocenters. The number of carbonyl (C=O) groups is 3. The normalized spacial score (nSPS) is 19.0. The van der Waals surface area contributed by atoms with Gasteiger partial charge in [-0.25, -0.2) is 0 Å². The molecule has 1 saturated carbocycles. The van der Waals surface area contributed by atoms with Gasteiger partial charge < -0.3 is 15.1 Å². The first-order valence-corrected chi connectivity index (χ1v) is 12.5. The molecule has 0 bridgehead atoms. The second-order valence-corrected chi connectivity index (χ2v) is 9.52. The topological polar surface area (TPSA) is 69.7 Å². The molecule has 0 aromatic heterocycles. The van der Waals surface area contributed by atoms with Gasteiger partial charge in [0, 0.05) is 11.6 Å². The molecule has 196 valence electrons. The lowest BCUT2D eigenvalue weighted by molar-refractivity contribution is -0.137. The van der Waals surface area contributed by atoms with Crippen molar-refractivity contribution in [3.63, 3.8) is 0 Å². The largest absolute Gasteiger partial charge is 0.416 e. The maximum Gasteiger partial charge on any atom is 0.416 e. The first-order chi connectivity index (χ1) is 18.2. The molecule has 3 aromatic carbocycles. The third kappa shape index (κ3) is 5.01. The Labute approximate surface area is 218 Å². The summed E-state index contributed by atoms with van der Waals surface area (Å²) in [6.07, 6.45) is -2.40. The van der Waals surface area contributed by atoms with E-state index in [9.17, 15) is 27.6 Å². The summed E-state index contributed by atoms with van der Waals surface area (Å²) in [4.78, 5) is 43.3. The number of hydrogen-bond acceptors (Lipinski definition) is 3. The summed E-state index contributed by atoms with van der Waals surface area (Å²) < 4.78 is 38.5. The van der Waals surface area contributed by atoms with E-state index in [4.69, 9.17) is 0 Å². The fraction of sp³-hybridized carbons (Fsp3) is 0.276. The summed E-state index contributed by atoms with van der Waals surface area (Å²) in [6, 6.07) is 20.4. The fourth-order valence-electron chi connectivity index (χ4n) is 5.33. The second-order valence-electron chi connectivity index (χ2n) is 9.52. The van der Waals surface area contributed by atoms with Crippen LogP contribution in [-0.4, -0.2) is 30.3 Å². The first-order valence-electron chi connectivity index (χ1n) is 12.5. The number of amides is 3. The predicted octanol–water partition coefficient (Wildman–Crippen LogP) is 5.18. The third-order valence-corrected chi connectivity index (χ3v) is 7.15. The smallest absolute Gasteiger partial charge is 0.343 e. The Morgan fingerprint density at radius 3 is 2.21 bits per heavy atom. The van der Waals surface area contributed by atoms with Crippen LogP contribution in [0, 0.1) is 5.92 Å². The van der Waals surface area contributed by atoms with E-state index in [0.717, 1.165) is 36.2 Å². The maximum atomic E-state index is 13.7. The molecular formula is C29H26F3N3O3. The van der Waals surface area contributed by atoms with Crippen LogP contribution in [0.15, 0.2) is 78.9 Å². The molecule has 38 heavy (non-hydrogen) atoms. The van der Waals surface area contributed by atoms with Crippen molar-refractivity contribution in [3.8, 4) is 0 Å². The van der Waals surface area contributed by atoms with E-state index in [1.165, 1.54) is 0 Å². The molecule has 6 nitrogen and oxygen atoms in total. The number of benzene rings is 3. The number of nitrogens with zero attached hydrogens (tertiary/aromatic N) is 2. The Morgan fingerprint density at radius 1 is 0.868 bits per heavy atom. The molecule has 1 aliphatic carbocycles. The van der Waals surface area contributed by atoms with E-state index in [0.29, 0.717) is 30.8 Å². The van der Waals surface area contributed by atoms with Crippen molar-refractivity contribution in [2.45, 2.75) is 38.0 Å². The summed E-state index contributed by atoms with van der Waals surface area (Å²) >= 11 is 0. The Morgan fingerprint density at radius 2 is 1.53 bits per heavy atom. The summed E-state index contributed by atoms with van der Waals surface area (Å²) in [5.74, 6) is -1.45. The van der Waals surface area contributed by atoms with E-state index in [1.807, 2.05) is 42.5 Å². The monoisotopic (exact) mass is 521 g/mol. The highest BCUT2D eigenvalue weighted by atomic mass is 19.4. The highest BCUT2D eigenvalue weighted by Crippen LogP contribution is 2.43. The van der Waals surface area contributed by atoms with Crippen molar-refractivity contribution in [3.05, 3.63) is 95.6 Å². The van der Waals surface area contributed by atoms with Crippen molar-refractivity contribution < 1.29 is 27.6 Å². The zero-order valence-electron chi connectivity index (χ0n) is 20.4. The second kappa shape index (κ2) is 10.3. The van der Waals surface area contributed by atoms with Gasteiger partial charge in [0.25, 0.3) is 5.91 Å². The molecule has 2 aliphatic rings. The van der Waals surface area contributed by atoms with E-state index < -0.39 is 17.6 Å². The summed E-state index contributed by atoms with van der Waals surface area (Å²) in [5.41, 5.74) is 1.35. The Kier molecular flexibility index (Phi) is 6.93.